The third-order valence-electron chi connectivity index (χ3n) is 3.81. The summed E-state index contributed by atoms with van der Waals surface area (Å²) >= 11 is 0. The number of pyridine rings is 1. The molecule has 0 aliphatic rings. The monoisotopic (exact) mass is 303 g/mol. The molecule has 0 fully saturated rings. The molecule has 23 heavy (non-hydrogen) atoms. The van der Waals surface area contributed by atoms with Crippen molar-refractivity contribution >= 4 is 11.4 Å². The minimum Gasteiger partial charge on any atom is -0.396 e. The Kier molecular flexibility index (Phi) is 4.57. The fourth-order valence-electron chi connectivity index (χ4n) is 2.57. The minimum atomic E-state index is 0.685. The molecule has 3 rings (SSSR count). The lowest BCUT2D eigenvalue weighted by Crippen LogP contribution is -2.10. The number of aryl methyl sites for hydroxylation is 3. The Bertz CT molecular complexity index is 848. The highest BCUT2D eigenvalue weighted by atomic mass is 14.9. The Morgan fingerprint density at radius 1 is 0.913 bits per heavy atom. The lowest BCUT2D eigenvalue weighted by molar-refractivity contribution is 0.900. The molecule has 0 atom stereocenters. The fourth-order valence-corrected chi connectivity index (χ4v) is 2.57. The lowest BCUT2D eigenvalue weighted by Gasteiger charge is -2.04. The van der Waals surface area contributed by atoms with Gasteiger partial charge in [-0.3, -0.25) is 0 Å². The molecule has 3 heteroatoms. The number of hydrogen-bond donors (Lipinski definition) is 1. The first-order valence-corrected chi connectivity index (χ1v) is 7.80. The summed E-state index contributed by atoms with van der Waals surface area (Å²) in [5, 5.41) is 0.809. The van der Waals surface area contributed by atoms with Gasteiger partial charge in [0.15, 0.2) is 0 Å². The van der Waals surface area contributed by atoms with Crippen LogP contribution in [0.15, 0.2) is 78.0 Å². The van der Waals surface area contributed by atoms with Gasteiger partial charge in [-0.25, -0.2) is 4.99 Å². The first-order chi connectivity index (χ1) is 11.2. The molecule has 2 aromatic carbocycles. The number of benzene rings is 2. The van der Waals surface area contributed by atoms with Crippen LogP contribution < -0.4 is 11.1 Å². The van der Waals surface area contributed by atoms with Gasteiger partial charge in [0.1, 0.15) is 0 Å². The largest absolute Gasteiger partial charge is 0.396 e. The molecule has 116 valence electrons. The molecule has 0 radical (unpaired) electrons. The van der Waals surface area contributed by atoms with Crippen molar-refractivity contribution in [3.05, 3.63) is 89.5 Å². The second-order valence-corrected chi connectivity index (χ2v) is 5.72. The van der Waals surface area contributed by atoms with Crippen molar-refractivity contribution in [2.45, 2.75) is 12.8 Å². The summed E-state index contributed by atoms with van der Waals surface area (Å²) in [6.45, 7) is 0. The molecule has 0 aliphatic carbocycles. The van der Waals surface area contributed by atoms with Crippen LogP contribution >= 0.6 is 0 Å². The van der Waals surface area contributed by atoms with E-state index in [2.05, 4.69) is 47.5 Å². The molecule has 0 unspecified atom stereocenters. The molecule has 0 saturated carbocycles. The molecule has 1 aromatic heterocycles. The number of hydrogen-bond acceptors (Lipinski definition) is 2. The lowest BCUT2D eigenvalue weighted by atomic mass is 10.0. The van der Waals surface area contributed by atoms with Crippen molar-refractivity contribution < 1.29 is 0 Å². The van der Waals surface area contributed by atoms with Crippen LogP contribution in [0.2, 0.25) is 0 Å². The van der Waals surface area contributed by atoms with Crippen LogP contribution in [0.5, 0.6) is 0 Å². The van der Waals surface area contributed by atoms with Crippen molar-refractivity contribution in [3.63, 3.8) is 0 Å². The zero-order valence-corrected chi connectivity index (χ0v) is 13.3. The molecule has 0 aliphatic heterocycles. The van der Waals surface area contributed by atoms with E-state index in [1.165, 1.54) is 11.1 Å². The van der Waals surface area contributed by atoms with Gasteiger partial charge in [0.05, 0.1) is 16.7 Å². The average molecular weight is 303 g/mol. The van der Waals surface area contributed by atoms with E-state index in [0.29, 0.717) is 5.69 Å². The molecule has 3 aromatic rings. The summed E-state index contributed by atoms with van der Waals surface area (Å²) in [5.41, 5.74) is 10.3. The average Bonchev–Trinajstić information content (AvgIpc) is 2.57. The Hall–Kier alpha value is -2.81. The van der Waals surface area contributed by atoms with E-state index in [1.54, 1.807) is 0 Å². The maximum Gasteiger partial charge on any atom is 0.0895 e. The first-order valence-electron chi connectivity index (χ1n) is 7.80. The van der Waals surface area contributed by atoms with Crippen LogP contribution in [0.4, 0.5) is 11.4 Å². The van der Waals surface area contributed by atoms with E-state index in [4.69, 9.17) is 5.73 Å². The number of nitrogen functional groups attached to an aromatic ring is 1. The highest BCUT2D eigenvalue weighted by Crippen LogP contribution is 2.15. The number of rotatable bonds is 4. The van der Waals surface area contributed by atoms with E-state index in [0.717, 1.165) is 23.9 Å². The highest BCUT2D eigenvalue weighted by Gasteiger charge is 1.98. The number of anilines is 1. The maximum atomic E-state index is 6.03. The quantitative estimate of drug-likeness (QED) is 0.786. The van der Waals surface area contributed by atoms with Crippen molar-refractivity contribution in [3.8, 4) is 0 Å². The van der Waals surface area contributed by atoms with Gasteiger partial charge in [0, 0.05) is 19.4 Å². The van der Waals surface area contributed by atoms with Gasteiger partial charge in [0.25, 0.3) is 0 Å². The highest BCUT2D eigenvalue weighted by molar-refractivity contribution is 5.43. The van der Waals surface area contributed by atoms with Gasteiger partial charge >= 0.3 is 0 Å². The minimum absolute atomic E-state index is 0.685. The fraction of sp³-hybridized carbons (Fsp3) is 0.150. The second-order valence-electron chi connectivity index (χ2n) is 5.72. The smallest absolute Gasteiger partial charge is 0.0895 e. The Morgan fingerprint density at radius 2 is 1.65 bits per heavy atom. The second kappa shape index (κ2) is 6.97. The van der Waals surface area contributed by atoms with Gasteiger partial charge in [-0.2, -0.15) is 0 Å². The number of nitrogens with two attached hydrogens (primary N) is 1. The molecular weight excluding hydrogens is 282 g/mol. The van der Waals surface area contributed by atoms with Gasteiger partial charge in [0.2, 0.25) is 0 Å². The zero-order chi connectivity index (χ0) is 16.1. The maximum absolute atomic E-state index is 6.03. The zero-order valence-electron chi connectivity index (χ0n) is 13.3. The van der Waals surface area contributed by atoms with Crippen LogP contribution in [0.25, 0.3) is 0 Å². The third-order valence-corrected chi connectivity index (χ3v) is 3.81. The Balaban J connectivity index is 1.80. The van der Waals surface area contributed by atoms with Crippen molar-refractivity contribution in [1.82, 2.24) is 4.57 Å². The molecular formula is C20H21N3. The summed E-state index contributed by atoms with van der Waals surface area (Å²) < 4.78 is 1.92. The molecule has 0 saturated heterocycles. The summed E-state index contributed by atoms with van der Waals surface area (Å²) in [4.78, 5) is 4.66. The molecule has 0 amide bonds. The predicted molar refractivity (Wildman–Crippen MR) is 95.3 cm³/mol. The normalized spacial score (nSPS) is 11.6. The van der Waals surface area contributed by atoms with Crippen molar-refractivity contribution in [1.29, 1.82) is 0 Å². The topological polar surface area (TPSA) is 43.3 Å². The van der Waals surface area contributed by atoms with Crippen LogP contribution in [0.1, 0.15) is 11.1 Å². The van der Waals surface area contributed by atoms with Crippen molar-refractivity contribution in [2.24, 2.45) is 12.0 Å². The van der Waals surface area contributed by atoms with E-state index in [1.807, 2.05) is 42.2 Å². The van der Waals surface area contributed by atoms with Gasteiger partial charge in [-0.15, -0.1) is 0 Å². The standard InChI is InChI=1S/C20H21N3/c1-23-13-12-20(19(21)15-23)22-18-9-5-8-17(14-18)11-10-16-6-3-2-4-7-16/h2-9,12-15H,10-11,21H2,1H3. The van der Waals surface area contributed by atoms with Crippen LogP contribution in [0.3, 0.4) is 0 Å². The number of nitrogens with zero attached hydrogens (tertiary/aromatic N) is 2. The van der Waals surface area contributed by atoms with Gasteiger partial charge in [-0.1, -0.05) is 42.5 Å². The molecule has 3 nitrogen and oxygen atoms in total. The number of aromatic nitrogens is 1. The van der Waals surface area contributed by atoms with Crippen LogP contribution in [-0.4, -0.2) is 4.57 Å². The molecule has 0 bridgehead atoms. The summed E-state index contributed by atoms with van der Waals surface area (Å²) in [7, 11) is 1.95. The summed E-state index contributed by atoms with van der Waals surface area (Å²) in [6.07, 6.45) is 5.87. The van der Waals surface area contributed by atoms with Gasteiger partial charge in [-0.05, 0) is 42.2 Å². The summed E-state index contributed by atoms with van der Waals surface area (Å²) in [6, 6.07) is 20.8. The first kappa shape index (κ1) is 15.1. The van der Waals surface area contributed by atoms with Gasteiger partial charge < -0.3 is 10.3 Å². The Labute approximate surface area is 136 Å². The Morgan fingerprint density at radius 3 is 2.43 bits per heavy atom. The van der Waals surface area contributed by atoms with E-state index in [9.17, 15) is 0 Å². The van der Waals surface area contributed by atoms with Crippen LogP contribution in [0, 0.1) is 0 Å². The predicted octanol–water partition coefficient (Wildman–Crippen LogP) is 3.62. The van der Waals surface area contributed by atoms with Crippen LogP contribution in [-0.2, 0) is 19.9 Å². The van der Waals surface area contributed by atoms with Crippen molar-refractivity contribution in [2.75, 3.05) is 5.73 Å². The van der Waals surface area contributed by atoms with E-state index in [-0.39, 0.29) is 0 Å². The third kappa shape index (κ3) is 4.10. The molecule has 0 spiro atoms. The molecule has 2 N–H and O–H groups in total. The molecule has 1 heterocycles. The van der Waals surface area contributed by atoms with E-state index < -0.39 is 0 Å². The summed E-state index contributed by atoms with van der Waals surface area (Å²) in [5.74, 6) is 0. The van der Waals surface area contributed by atoms with E-state index >= 15 is 0 Å². The SMILES string of the molecule is Cn1ccc(=Nc2cccc(CCc3ccccc3)c2)c(N)c1.